The molecule has 3 atom stereocenters. The highest BCUT2D eigenvalue weighted by molar-refractivity contribution is 7.89. The Bertz CT molecular complexity index is 633. The standard InChI is InChI=1S/C17H26N2O4S/c18-11-17(8-4-1-5-9-17)12-24(22,23)19-14-7-3-2-6-13(14)10-15(19)16(20)21/h13-15H,1-10,12H2,(H,20,21). The molecule has 3 unspecified atom stereocenters. The van der Waals surface area contributed by atoms with E-state index in [1.165, 1.54) is 4.31 Å². The summed E-state index contributed by atoms with van der Waals surface area (Å²) in [7, 11) is -3.76. The molecule has 0 aromatic carbocycles. The van der Waals surface area contributed by atoms with Crippen LogP contribution in [0.2, 0.25) is 0 Å². The summed E-state index contributed by atoms with van der Waals surface area (Å²) in [5, 5.41) is 19.2. The van der Waals surface area contributed by atoms with E-state index in [9.17, 15) is 23.6 Å². The first-order valence-electron chi connectivity index (χ1n) is 9.04. The van der Waals surface area contributed by atoms with E-state index < -0.39 is 27.4 Å². The average Bonchev–Trinajstić information content (AvgIpc) is 2.96. The first-order chi connectivity index (χ1) is 11.4. The van der Waals surface area contributed by atoms with Gasteiger partial charge in [0.15, 0.2) is 0 Å². The number of aliphatic carboxylic acids is 1. The zero-order valence-electron chi connectivity index (χ0n) is 14.0. The van der Waals surface area contributed by atoms with Crippen molar-refractivity contribution >= 4 is 16.0 Å². The molecule has 0 radical (unpaired) electrons. The number of fused-ring (bicyclic) bond motifs is 1. The Morgan fingerprint density at radius 1 is 1.17 bits per heavy atom. The van der Waals surface area contributed by atoms with Crippen LogP contribution in [0.5, 0.6) is 0 Å². The van der Waals surface area contributed by atoms with Gasteiger partial charge in [-0.2, -0.15) is 9.57 Å². The summed E-state index contributed by atoms with van der Waals surface area (Å²) in [6.45, 7) is 0. The van der Waals surface area contributed by atoms with Crippen LogP contribution in [0.3, 0.4) is 0 Å². The molecular formula is C17H26N2O4S. The van der Waals surface area contributed by atoms with E-state index in [-0.39, 0.29) is 17.7 Å². The molecule has 1 N–H and O–H groups in total. The van der Waals surface area contributed by atoms with Gasteiger partial charge < -0.3 is 5.11 Å². The molecule has 0 spiro atoms. The van der Waals surface area contributed by atoms with Gasteiger partial charge in [-0.3, -0.25) is 4.79 Å². The predicted octanol–water partition coefficient (Wildman–Crippen LogP) is 2.51. The summed E-state index contributed by atoms with van der Waals surface area (Å²) in [6.07, 6.45) is 8.04. The van der Waals surface area contributed by atoms with Crippen LogP contribution in [-0.4, -0.2) is 41.6 Å². The molecule has 24 heavy (non-hydrogen) atoms. The molecule has 3 fully saturated rings. The van der Waals surface area contributed by atoms with Gasteiger partial charge in [-0.05, 0) is 38.0 Å². The molecule has 1 heterocycles. The molecule has 0 amide bonds. The second kappa shape index (κ2) is 6.64. The van der Waals surface area contributed by atoms with Crippen molar-refractivity contribution in [3.05, 3.63) is 0 Å². The third kappa shape index (κ3) is 3.18. The molecule has 2 saturated carbocycles. The van der Waals surface area contributed by atoms with Crippen molar-refractivity contribution in [1.82, 2.24) is 4.31 Å². The second-order valence-electron chi connectivity index (χ2n) is 7.74. The van der Waals surface area contributed by atoms with Crippen molar-refractivity contribution in [2.45, 2.75) is 76.3 Å². The minimum atomic E-state index is -3.76. The Kier molecular flexibility index (Phi) is 4.89. The van der Waals surface area contributed by atoms with Crippen LogP contribution >= 0.6 is 0 Å². The van der Waals surface area contributed by atoms with Crippen molar-refractivity contribution in [1.29, 1.82) is 5.26 Å². The lowest BCUT2D eigenvalue weighted by molar-refractivity contribution is -0.141. The molecule has 7 heteroatoms. The Hall–Kier alpha value is -1.13. The topological polar surface area (TPSA) is 98.5 Å². The Balaban J connectivity index is 1.88. The van der Waals surface area contributed by atoms with Crippen LogP contribution in [0.25, 0.3) is 0 Å². The lowest BCUT2D eigenvalue weighted by Crippen LogP contribution is -2.49. The monoisotopic (exact) mass is 354 g/mol. The number of nitriles is 1. The maximum atomic E-state index is 13.1. The Morgan fingerprint density at radius 3 is 2.46 bits per heavy atom. The van der Waals surface area contributed by atoms with E-state index in [0.717, 1.165) is 44.9 Å². The van der Waals surface area contributed by atoms with Crippen molar-refractivity contribution in [2.75, 3.05) is 5.75 Å². The Morgan fingerprint density at radius 2 is 1.83 bits per heavy atom. The van der Waals surface area contributed by atoms with Crippen LogP contribution in [0.1, 0.15) is 64.2 Å². The molecule has 1 aliphatic heterocycles. The third-order valence-electron chi connectivity index (χ3n) is 6.14. The average molecular weight is 354 g/mol. The van der Waals surface area contributed by atoms with Crippen LogP contribution in [0.4, 0.5) is 0 Å². The number of carboxylic acids is 1. The fourth-order valence-corrected chi connectivity index (χ4v) is 7.43. The molecular weight excluding hydrogens is 328 g/mol. The van der Waals surface area contributed by atoms with Gasteiger partial charge in [-0.1, -0.05) is 32.1 Å². The molecule has 0 aromatic heterocycles. The smallest absolute Gasteiger partial charge is 0.322 e. The number of carbonyl (C=O) groups is 1. The van der Waals surface area contributed by atoms with Crippen LogP contribution in [0, 0.1) is 22.7 Å². The Labute approximate surface area is 143 Å². The number of hydrogen-bond donors (Lipinski definition) is 1. The molecule has 0 bridgehead atoms. The van der Waals surface area contributed by atoms with Gasteiger partial charge in [0.1, 0.15) is 6.04 Å². The number of nitrogens with zero attached hydrogens (tertiary/aromatic N) is 2. The molecule has 3 rings (SSSR count). The third-order valence-corrected chi connectivity index (χ3v) is 8.23. The zero-order chi connectivity index (χ0) is 17.4. The quantitative estimate of drug-likeness (QED) is 0.836. The molecule has 6 nitrogen and oxygen atoms in total. The van der Waals surface area contributed by atoms with Gasteiger partial charge >= 0.3 is 5.97 Å². The summed E-state index contributed by atoms with van der Waals surface area (Å²) in [6, 6.07) is 1.11. The fraction of sp³-hybridized carbons (Fsp3) is 0.882. The maximum Gasteiger partial charge on any atom is 0.322 e. The fourth-order valence-electron chi connectivity index (χ4n) is 4.97. The number of hydrogen-bond acceptors (Lipinski definition) is 4. The van der Waals surface area contributed by atoms with Gasteiger partial charge in [-0.15, -0.1) is 0 Å². The first-order valence-corrected chi connectivity index (χ1v) is 10.6. The van der Waals surface area contributed by atoms with Crippen molar-refractivity contribution in [3.63, 3.8) is 0 Å². The summed E-state index contributed by atoms with van der Waals surface area (Å²) in [5.41, 5.74) is -0.840. The lowest BCUT2D eigenvalue weighted by Gasteiger charge is -2.36. The number of sulfonamides is 1. The van der Waals surface area contributed by atoms with E-state index in [1.54, 1.807) is 0 Å². The van der Waals surface area contributed by atoms with E-state index in [4.69, 9.17) is 0 Å². The van der Waals surface area contributed by atoms with Crippen molar-refractivity contribution < 1.29 is 18.3 Å². The molecule has 0 aromatic rings. The molecule has 2 aliphatic carbocycles. The van der Waals surface area contributed by atoms with Gasteiger partial charge in [0.2, 0.25) is 10.0 Å². The van der Waals surface area contributed by atoms with Crippen LogP contribution in [-0.2, 0) is 14.8 Å². The second-order valence-corrected chi connectivity index (χ2v) is 9.61. The van der Waals surface area contributed by atoms with Gasteiger partial charge in [0.05, 0.1) is 17.2 Å². The normalized spacial score (nSPS) is 33.5. The van der Waals surface area contributed by atoms with E-state index in [0.29, 0.717) is 19.3 Å². The zero-order valence-corrected chi connectivity index (χ0v) is 14.8. The molecule has 1 saturated heterocycles. The van der Waals surface area contributed by atoms with E-state index >= 15 is 0 Å². The van der Waals surface area contributed by atoms with Gasteiger partial charge in [0, 0.05) is 6.04 Å². The predicted molar refractivity (Wildman–Crippen MR) is 88.5 cm³/mol. The summed E-state index contributed by atoms with van der Waals surface area (Å²) >= 11 is 0. The SMILES string of the molecule is N#CC1(CS(=O)(=O)N2C(C(=O)O)CC3CCCCC32)CCCCC1. The molecule has 134 valence electrons. The molecule has 3 aliphatic rings. The lowest BCUT2D eigenvalue weighted by atomic mass is 9.77. The van der Waals surface area contributed by atoms with Crippen LogP contribution < -0.4 is 0 Å². The minimum Gasteiger partial charge on any atom is -0.480 e. The van der Waals surface area contributed by atoms with Gasteiger partial charge in [-0.25, -0.2) is 8.42 Å². The van der Waals surface area contributed by atoms with E-state index in [1.807, 2.05) is 0 Å². The number of rotatable bonds is 4. The van der Waals surface area contributed by atoms with Crippen molar-refractivity contribution in [3.8, 4) is 6.07 Å². The highest BCUT2D eigenvalue weighted by atomic mass is 32.2. The highest BCUT2D eigenvalue weighted by Gasteiger charge is 2.52. The highest BCUT2D eigenvalue weighted by Crippen LogP contribution is 2.44. The maximum absolute atomic E-state index is 13.1. The summed E-state index contributed by atoms with van der Waals surface area (Å²) in [4.78, 5) is 11.7. The summed E-state index contributed by atoms with van der Waals surface area (Å²) < 4.78 is 27.6. The van der Waals surface area contributed by atoms with E-state index in [2.05, 4.69) is 6.07 Å². The summed E-state index contributed by atoms with van der Waals surface area (Å²) in [5.74, 6) is -1.12. The largest absolute Gasteiger partial charge is 0.480 e. The van der Waals surface area contributed by atoms with Crippen molar-refractivity contribution in [2.24, 2.45) is 11.3 Å². The first kappa shape index (κ1) is 17.7. The van der Waals surface area contributed by atoms with Gasteiger partial charge in [0.25, 0.3) is 0 Å². The minimum absolute atomic E-state index is 0.152. The van der Waals surface area contributed by atoms with Crippen LogP contribution in [0.15, 0.2) is 0 Å². The number of carboxylic acid groups (broad SMARTS) is 1.